The minimum Gasteiger partial charge on any atom is -0.459 e. The Hall–Kier alpha value is -3.74. The van der Waals surface area contributed by atoms with E-state index in [2.05, 4.69) is 31.0 Å². The van der Waals surface area contributed by atoms with E-state index in [1.54, 1.807) is 65.0 Å². The molecule has 1 saturated carbocycles. The van der Waals surface area contributed by atoms with Crippen LogP contribution in [-0.4, -0.2) is 53.4 Å². The van der Waals surface area contributed by atoms with Crippen molar-refractivity contribution in [1.82, 2.24) is 10.3 Å². The topological polar surface area (TPSA) is 80.8 Å². The molecule has 1 saturated heterocycles. The molecular formula is C35H35BrF5N3O4. The largest absolute Gasteiger partial charge is 0.573 e. The number of ether oxygens (including phenoxy) is 2. The van der Waals surface area contributed by atoms with E-state index in [0.717, 1.165) is 0 Å². The van der Waals surface area contributed by atoms with Gasteiger partial charge in [-0.2, -0.15) is 0 Å². The first-order valence-electron chi connectivity index (χ1n) is 15.6. The molecule has 1 N–H and O–H groups in total. The third-order valence-corrected chi connectivity index (χ3v) is 9.77. The first-order chi connectivity index (χ1) is 22.2. The second kappa shape index (κ2) is 11.4. The lowest BCUT2D eigenvalue weighted by atomic mass is 9.57. The molecule has 48 heavy (non-hydrogen) atoms. The van der Waals surface area contributed by atoms with Crippen molar-refractivity contribution in [2.75, 3.05) is 18.0 Å². The Morgan fingerprint density at radius 1 is 0.979 bits per heavy atom. The number of hydrogen-bond acceptors (Lipinski definition) is 6. The molecule has 3 aliphatic carbocycles. The first-order valence-corrected chi connectivity index (χ1v) is 16.4. The molecule has 2 aromatic carbocycles. The molecule has 0 atom stereocenters. The highest BCUT2D eigenvalue weighted by molar-refractivity contribution is 9.10. The zero-order valence-corrected chi connectivity index (χ0v) is 28.7. The van der Waals surface area contributed by atoms with E-state index in [4.69, 9.17) is 4.74 Å². The number of carbonyl (C=O) groups is 2. The van der Waals surface area contributed by atoms with Crippen LogP contribution in [0.25, 0.3) is 16.5 Å². The maximum atomic E-state index is 14.6. The molecule has 0 unspecified atom stereocenters. The van der Waals surface area contributed by atoms with E-state index < -0.39 is 59.6 Å². The minimum atomic E-state index is -5.00. The summed E-state index contributed by atoms with van der Waals surface area (Å²) in [7, 11) is 0. The number of benzene rings is 2. The highest BCUT2D eigenvalue weighted by atomic mass is 79.9. The van der Waals surface area contributed by atoms with Crippen molar-refractivity contribution in [3.05, 3.63) is 69.2 Å². The molecule has 3 aromatic rings. The van der Waals surface area contributed by atoms with Gasteiger partial charge in [-0.15, -0.1) is 13.2 Å². The van der Waals surface area contributed by atoms with Crippen molar-refractivity contribution >= 4 is 50.1 Å². The molecule has 2 bridgehead atoms. The lowest BCUT2D eigenvalue weighted by molar-refractivity contribution is -0.274. The van der Waals surface area contributed by atoms with Crippen molar-refractivity contribution in [3.63, 3.8) is 0 Å². The van der Waals surface area contributed by atoms with E-state index in [0.29, 0.717) is 32.1 Å². The summed E-state index contributed by atoms with van der Waals surface area (Å²) in [6.45, 7) is 7.52. The lowest BCUT2D eigenvalue weighted by Gasteiger charge is -2.52. The second-order valence-corrected chi connectivity index (χ2v) is 15.0. The van der Waals surface area contributed by atoms with Gasteiger partial charge in [-0.1, -0.05) is 33.6 Å². The molecule has 7 rings (SSSR count). The van der Waals surface area contributed by atoms with E-state index in [-0.39, 0.29) is 42.6 Å². The summed E-state index contributed by atoms with van der Waals surface area (Å²) in [6, 6.07) is 9.41. The summed E-state index contributed by atoms with van der Waals surface area (Å²) in [5.74, 6) is -4.12. The molecule has 1 amide bonds. The van der Waals surface area contributed by atoms with Crippen molar-refractivity contribution in [2.24, 2.45) is 5.41 Å². The van der Waals surface area contributed by atoms with Gasteiger partial charge in [0.25, 0.3) is 11.8 Å². The van der Waals surface area contributed by atoms with Gasteiger partial charge < -0.3 is 19.7 Å². The number of hydrogen-bond donors (Lipinski definition) is 1. The zero-order chi connectivity index (χ0) is 35.0. The van der Waals surface area contributed by atoms with Crippen LogP contribution in [0.1, 0.15) is 73.5 Å². The maximum absolute atomic E-state index is 14.6. The Morgan fingerprint density at radius 3 is 2.25 bits per heavy atom. The second-order valence-electron chi connectivity index (χ2n) is 14.1. The molecule has 4 aliphatic rings. The first kappa shape index (κ1) is 34.1. The summed E-state index contributed by atoms with van der Waals surface area (Å²) in [5.41, 5.74) is -1.04. The number of esters is 1. The van der Waals surface area contributed by atoms with Crippen LogP contribution in [0.3, 0.4) is 0 Å². The number of carbonyl (C=O) groups excluding carboxylic acids is 2. The predicted octanol–water partition coefficient (Wildman–Crippen LogP) is 8.44. The van der Waals surface area contributed by atoms with E-state index in [9.17, 15) is 31.5 Å². The standard InChI is InChI=1S/C35H35BrF5N3O4/c1-19-6-9-26(47-35(39,40)41)22(14-19)24-16-32(30(46)48-31(3,4)5)10-12-33(24,13-11-32)43-29(45)27-20(2)28(44-17-34(37,38)18-44)42-25-8-7-21(36)15-23(25)27/h6-9,14-16H,10-13,17-18H2,1-5H3,(H,43,45). The van der Waals surface area contributed by atoms with Crippen LogP contribution in [0.2, 0.25) is 0 Å². The summed E-state index contributed by atoms with van der Waals surface area (Å²) < 4.78 is 79.7. The Balaban J connectivity index is 1.49. The molecule has 0 radical (unpaired) electrons. The number of anilines is 1. The smallest absolute Gasteiger partial charge is 0.459 e. The molecular weight excluding hydrogens is 701 g/mol. The van der Waals surface area contributed by atoms with Crippen LogP contribution >= 0.6 is 15.9 Å². The fourth-order valence-electron chi connectivity index (χ4n) is 7.05. The van der Waals surface area contributed by atoms with Gasteiger partial charge in [-0.05, 0) is 96.2 Å². The minimum absolute atomic E-state index is 0.0995. The molecule has 2 heterocycles. The van der Waals surface area contributed by atoms with Gasteiger partial charge in [0.15, 0.2) is 0 Å². The van der Waals surface area contributed by atoms with Gasteiger partial charge in [-0.3, -0.25) is 9.59 Å². The van der Waals surface area contributed by atoms with Gasteiger partial charge in [0.1, 0.15) is 17.2 Å². The van der Waals surface area contributed by atoms with Crippen LogP contribution in [0.4, 0.5) is 27.8 Å². The van der Waals surface area contributed by atoms with E-state index in [1.165, 1.54) is 17.0 Å². The van der Waals surface area contributed by atoms with Crippen LogP contribution in [0, 0.1) is 19.3 Å². The Morgan fingerprint density at radius 2 is 1.65 bits per heavy atom. The highest BCUT2D eigenvalue weighted by Gasteiger charge is 2.56. The predicted molar refractivity (Wildman–Crippen MR) is 174 cm³/mol. The van der Waals surface area contributed by atoms with E-state index >= 15 is 0 Å². The number of nitrogens with one attached hydrogen (secondary N) is 1. The fraction of sp³-hybridized carbons (Fsp3) is 0.457. The van der Waals surface area contributed by atoms with Gasteiger partial charge in [0, 0.05) is 21.0 Å². The Labute approximate surface area is 283 Å². The van der Waals surface area contributed by atoms with Crippen molar-refractivity contribution in [1.29, 1.82) is 0 Å². The fourth-order valence-corrected chi connectivity index (χ4v) is 7.41. The summed E-state index contributed by atoms with van der Waals surface area (Å²) in [5, 5.41) is 3.64. The normalized spacial score (nSPS) is 23.4. The number of fused-ring (bicyclic) bond motifs is 3. The molecule has 7 nitrogen and oxygen atoms in total. The number of amides is 1. The number of rotatable bonds is 6. The van der Waals surface area contributed by atoms with Crippen LogP contribution in [-0.2, 0) is 9.53 Å². The Kier molecular flexibility index (Phi) is 8.12. The molecule has 1 aromatic heterocycles. The number of halogens is 6. The van der Waals surface area contributed by atoms with Crippen molar-refractivity contribution in [2.45, 2.75) is 83.7 Å². The summed E-state index contributed by atoms with van der Waals surface area (Å²) in [6.07, 6.45) is -2.35. The molecule has 256 valence electrons. The van der Waals surface area contributed by atoms with Gasteiger partial charge in [-0.25, -0.2) is 13.8 Å². The third-order valence-electron chi connectivity index (χ3n) is 9.28. The van der Waals surface area contributed by atoms with Crippen LogP contribution in [0.5, 0.6) is 5.75 Å². The van der Waals surface area contributed by atoms with E-state index in [1.807, 2.05) is 0 Å². The SMILES string of the molecule is Cc1ccc(OC(F)(F)F)c(C2=CC3(C(=O)OC(C)(C)C)CCC2(NC(=O)c2c(C)c(N4CC(F)(F)C4)nc4ccc(Br)cc24)CC3)c1. The zero-order valence-electron chi connectivity index (χ0n) is 27.1. The summed E-state index contributed by atoms with van der Waals surface area (Å²) in [4.78, 5) is 34.3. The summed E-state index contributed by atoms with van der Waals surface area (Å²) >= 11 is 3.45. The van der Waals surface area contributed by atoms with Crippen LogP contribution in [0.15, 0.2) is 46.9 Å². The molecule has 0 spiro atoms. The number of aryl methyl sites for hydroxylation is 1. The van der Waals surface area contributed by atoms with Gasteiger partial charge in [0.2, 0.25) is 0 Å². The van der Waals surface area contributed by atoms with Crippen molar-refractivity contribution < 1.29 is 41.0 Å². The lowest BCUT2D eigenvalue weighted by Crippen LogP contribution is -2.58. The number of alkyl halides is 5. The number of aromatic nitrogens is 1. The Bertz CT molecular complexity index is 1850. The average molecular weight is 737 g/mol. The van der Waals surface area contributed by atoms with Crippen molar-refractivity contribution in [3.8, 4) is 5.75 Å². The quantitative estimate of drug-likeness (QED) is 0.202. The highest BCUT2D eigenvalue weighted by Crippen LogP contribution is 2.56. The monoisotopic (exact) mass is 735 g/mol. The number of nitrogens with zero attached hydrogens (tertiary/aromatic N) is 2. The molecule has 1 aliphatic heterocycles. The van der Waals surface area contributed by atoms with Gasteiger partial charge in [0.05, 0.1) is 35.1 Å². The third kappa shape index (κ3) is 6.37. The number of pyridine rings is 1. The van der Waals surface area contributed by atoms with Gasteiger partial charge >= 0.3 is 12.3 Å². The maximum Gasteiger partial charge on any atom is 0.573 e. The average Bonchev–Trinajstić information content (AvgIpc) is 2.95. The van der Waals surface area contributed by atoms with Crippen LogP contribution < -0.4 is 15.0 Å². The molecule has 13 heteroatoms. The molecule has 2 fully saturated rings.